The third-order valence-electron chi connectivity index (χ3n) is 4.78. The zero-order chi connectivity index (χ0) is 22.7. The minimum Gasteiger partial charge on any atom is -0.455 e. The zero-order valence-electron chi connectivity index (χ0n) is 16.9. The molecule has 1 heterocycles. The van der Waals surface area contributed by atoms with Crippen molar-refractivity contribution in [3.8, 4) is 17.2 Å². The molecule has 0 fully saturated rings. The first-order valence-electron chi connectivity index (χ1n) is 9.68. The molecule has 8 heteroatoms. The van der Waals surface area contributed by atoms with Gasteiger partial charge in [-0.25, -0.2) is 4.68 Å². The van der Waals surface area contributed by atoms with Crippen LogP contribution in [0.1, 0.15) is 21.6 Å². The number of amides is 1. The molecule has 0 bridgehead atoms. The molecule has 0 atom stereocenters. The molecule has 3 aromatic carbocycles. The zero-order valence-corrected chi connectivity index (χ0v) is 16.9. The Balaban J connectivity index is 1.58. The summed E-state index contributed by atoms with van der Waals surface area (Å²) in [5.41, 5.74) is 0.514. The highest BCUT2D eigenvalue weighted by Gasteiger charge is 2.30. The number of nitrogens with zero attached hydrogens (tertiary/aromatic N) is 2. The molecule has 0 saturated carbocycles. The quantitative estimate of drug-likeness (QED) is 0.402. The van der Waals surface area contributed by atoms with Crippen molar-refractivity contribution < 1.29 is 22.7 Å². The minimum absolute atomic E-state index is 0.212. The van der Waals surface area contributed by atoms with E-state index >= 15 is 0 Å². The summed E-state index contributed by atoms with van der Waals surface area (Å²) >= 11 is 0. The molecule has 162 valence electrons. The van der Waals surface area contributed by atoms with Crippen molar-refractivity contribution in [1.29, 1.82) is 0 Å². The van der Waals surface area contributed by atoms with Crippen molar-refractivity contribution in [2.45, 2.75) is 13.1 Å². The van der Waals surface area contributed by atoms with Crippen molar-refractivity contribution in [2.75, 3.05) is 5.32 Å². The van der Waals surface area contributed by atoms with Gasteiger partial charge in [-0.3, -0.25) is 4.79 Å². The second-order valence-electron chi connectivity index (χ2n) is 6.97. The molecule has 1 aromatic heterocycles. The molecule has 5 nitrogen and oxygen atoms in total. The lowest BCUT2D eigenvalue weighted by molar-refractivity contribution is -0.137. The summed E-state index contributed by atoms with van der Waals surface area (Å²) in [5, 5.41) is 6.91. The second kappa shape index (κ2) is 8.58. The summed E-state index contributed by atoms with van der Waals surface area (Å²) in [6.45, 7) is 1.62. The highest BCUT2D eigenvalue weighted by molar-refractivity contribution is 6.05. The van der Waals surface area contributed by atoms with Gasteiger partial charge in [-0.1, -0.05) is 36.4 Å². The molecule has 4 aromatic rings. The van der Waals surface area contributed by atoms with Crippen LogP contribution in [0.2, 0.25) is 0 Å². The van der Waals surface area contributed by atoms with Gasteiger partial charge >= 0.3 is 6.18 Å². The van der Waals surface area contributed by atoms with Crippen LogP contribution in [0.25, 0.3) is 5.69 Å². The molecule has 1 amide bonds. The number of nitrogens with one attached hydrogen (secondary N) is 1. The normalized spacial score (nSPS) is 11.2. The van der Waals surface area contributed by atoms with Crippen LogP contribution in [0.3, 0.4) is 0 Å². The lowest BCUT2D eigenvalue weighted by Crippen LogP contribution is -2.14. The van der Waals surface area contributed by atoms with Crippen LogP contribution in [0.5, 0.6) is 11.5 Å². The predicted molar refractivity (Wildman–Crippen MR) is 114 cm³/mol. The molecule has 0 aliphatic rings. The number of hydrogen-bond acceptors (Lipinski definition) is 3. The molecule has 0 aliphatic carbocycles. The molecule has 0 spiro atoms. The van der Waals surface area contributed by atoms with Crippen LogP contribution in [0.4, 0.5) is 18.9 Å². The maximum absolute atomic E-state index is 13.0. The highest BCUT2D eigenvalue weighted by Crippen LogP contribution is 2.31. The number of ether oxygens (including phenoxy) is 1. The number of aromatic nitrogens is 2. The van der Waals surface area contributed by atoms with Gasteiger partial charge in [-0.15, -0.1) is 0 Å². The van der Waals surface area contributed by atoms with Gasteiger partial charge in [0, 0.05) is 0 Å². The number of alkyl halides is 3. The van der Waals surface area contributed by atoms with E-state index in [-0.39, 0.29) is 11.3 Å². The van der Waals surface area contributed by atoms with E-state index in [0.717, 1.165) is 12.1 Å². The fourth-order valence-corrected chi connectivity index (χ4v) is 3.17. The summed E-state index contributed by atoms with van der Waals surface area (Å²) in [7, 11) is 0. The number of halogens is 3. The van der Waals surface area contributed by atoms with E-state index in [1.807, 2.05) is 18.2 Å². The van der Waals surface area contributed by atoms with E-state index in [1.165, 1.54) is 23.0 Å². The fourth-order valence-electron chi connectivity index (χ4n) is 3.17. The van der Waals surface area contributed by atoms with E-state index in [1.54, 1.807) is 43.3 Å². The lowest BCUT2D eigenvalue weighted by Gasteiger charge is -2.12. The molecule has 4 rings (SSSR count). The number of benzene rings is 3. The molecule has 0 radical (unpaired) electrons. The molecule has 0 aliphatic heterocycles. The SMILES string of the molecule is Cc1c(C(=O)Nc2ccccc2Oc2ccccc2)cnn1-c1cccc(C(F)(F)F)c1. The van der Waals surface area contributed by atoms with Crippen LogP contribution in [0.15, 0.2) is 85.1 Å². The summed E-state index contributed by atoms with van der Waals surface area (Å²) in [6, 6.07) is 20.9. The summed E-state index contributed by atoms with van der Waals surface area (Å²) in [4.78, 5) is 12.9. The number of carbonyl (C=O) groups excluding carboxylic acids is 1. The van der Waals surface area contributed by atoms with E-state index in [2.05, 4.69) is 10.4 Å². The summed E-state index contributed by atoms with van der Waals surface area (Å²) < 4.78 is 46.3. The Morgan fingerprint density at radius 2 is 1.69 bits per heavy atom. The van der Waals surface area contributed by atoms with Crippen LogP contribution in [-0.4, -0.2) is 15.7 Å². The first-order valence-corrected chi connectivity index (χ1v) is 9.68. The van der Waals surface area contributed by atoms with Gasteiger partial charge in [0.05, 0.1) is 34.4 Å². The average molecular weight is 437 g/mol. The van der Waals surface area contributed by atoms with Gasteiger partial charge in [0.1, 0.15) is 5.75 Å². The fraction of sp³-hybridized carbons (Fsp3) is 0.0833. The third-order valence-corrected chi connectivity index (χ3v) is 4.78. The van der Waals surface area contributed by atoms with E-state index < -0.39 is 17.6 Å². The van der Waals surface area contributed by atoms with Gasteiger partial charge in [-0.2, -0.15) is 18.3 Å². The largest absolute Gasteiger partial charge is 0.455 e. The van der Waals surface area contributed by atoms with E-state index in [4.69, 9.17) is 4.74 Å². The molecule has 1 N–H and O–H groups in total. The second-order valence-corrected chi connectivity index (χ2v) is 6.97. The Hall–Kier alpha value is -4.07. The Labute approximate surface area is 182 Å². The van der Waals surface area contributed by atoms with Crippen LogP contribution < -0.4 is 10.1 Å². The highest BCUT2D eigenvalue weighted by atomic mass is 19.4. The smallest absolute Gasteiger partial charge is 0.416 e. The lowest BCUT2D eigenvalue weighted by atomic mass is 10.2. The molecule has 0 saturated heterocycles. The molecular weight excluding hydrogens is 419 g/mol. The number of carbonyl (C=O) groups is 1. The van der Waals surface area contributed by atoms with Gasteiger partial charge in [-0.05, 0) is 49.4 Å². The Morgan fingerprint density at radius 1 is 0.969 bits per heavy atom. The summed E-state index contributed by atoms with van der Waals surface area (Å²) in [6.07, 6.45) is -3.15. The van der Waals surface area contributed by atoms with E-state index in [0.29, 0.717) is 22.9 Å². The van der Waals surface area contributed by atoms with Crippen molar-refractivity contribution in [1.82, 2.24) is 9.78 Å². The van der Waals surface area contributed by atoms with Crippen molar-refractivity contribution in [3.63, 3.8) is 0 Å². The van der Waals surface area contributed by atoms with Gasteiger partial charge in [0.15, 0.2) is 5.75 Å². The number of hydrogen-bond donors (Lipinski definition) is 1. The van der Waals surface area contributed by atoms with Crippen molar-refractivity contribution in [3.05, 3.63) is 102 Å². The van der Waals surface area contributed by atoms with Gasteiger partial charge in [0.2, 0.25) is 0 Å². The maximum Gasteiger partial charge on any atom is 0.416 e. The maximum atomic E-state index is 13.0. The first kappa shape index (κ1) is 21.2. The number of para-hydroxylation sites is 3. The topological polar surface area (TPSA) is 56.1 Å². The van der Waals surface area contributed by atoms with Crippen LogP contribution in [-0.2, 0) is 6.18 Å². The molecule has 0 unspecified atom stereocenters. The first-order chi connectivity index (χ1) is 15.3. The predicted octanol–water partition coefficient (Wildman–Crippen LogP) is 6.24. The average Bonchev–Trinajstić information content (AvgIpc) is 3.17. The van der Waals surface area contributed by atoms with Gasteiger partial charge in [0.25, 0.3) is 5.91 Å². The number of rotatable bonds is 5. The monoisotopic (exact) mass is 437 g/mol. The van der Waals surface area contributed by atoms with Gasteiger partial charge < -0.3 is 10.1 Å². The molecular formula is C24H18F3N3O2. The standard InChI is InChI=1S/C24H18F3N3O2/c1-16-20(15-28-30(16)18-9-7-8-17(14-18)24(25,26)27)23(31)29-21-12-5-6-13-22(21)32-19-10-3-2-4-11-19/h2-15H,1H3,(H,29,31). The van der Waals surface area contributed by atoms with E-state index in [9.17, 15) is 18.0 Å². The van der Waals surface area contributed by atoms with Crippen LogP contribution >= 0.6 is 0 Å². The van der Waals surface area contributed by atoms with Crippen molar-refractivity contribution in [2.24, 2.45) is 0 Å². The molecule has 32 heavy (non-hydrogen) atoms. The van der Waals surface area contributed by atoms with Crippen LogP contribution in [0, 0.1) is 6.92 Å². The number of anilines is 1. The Kier molecular flexibility index (Phi) is 5.68. The third kappa shape index (κ3) is 4.49. The van der Waals surface area contributed by atoms with Crippen molar-refractivity contribution >= 4 is 11.6 Å². The Morgan fingerprint density at radius 3 is 2.44 bits per heavy atom. The minimum atomic E-state index is -4.47. The summed E-state index contributed by atoms with van der Waals surface area (Å²) in [5.74, 6) is 0.613. The Bertz CT molecular complexity index is 1250.